The molecule has 0 aromatic carbocycles. The average molecular weight is 343 g/mol. The minimum Gasteiger partial charge on any atom is -0.444 e. The maximum absolute atomic E-state index is 12.2. The maximum Gasteiger partial charge on any atom is 0.411 e. The summed E-state index contributed by atoms with van der Waals surface area (Å²) in [5.74, 6) is 0. The van der Waals surface area contributed by atoms with Crippen LogP contribution in [0.25, 0.3) is 0 Å². The first-order chi connectivity index (χ1) is 9.12. The van der Waals surface area contributed by atoms with Gasteiger partial charge in [-0.25, -0.2) is 9.78 Å². The van der Waals surface area contributed by atoms with Gasteiger partial charge in [0.15, 0.2) is 0 Å². The van der Waals surface area contributed by atoms with Gasteiger partial charge in [-0.15, -0.1) is 0 Å². The SMILES string of the molecule is CN(C(=O)OC(C)(C)C)C(C)(C=O)c1cccnc1Br. The van der Waals surface area contributed by atoms with Crippen LogP contribution in [0.1, 0.15) is 33.3 Å². The Kier molecular flexibility index (Phi) is 4.91. The molecule has 5 nitrogen and oxygen atoms in total. The van der Waals surface area contributed by atoms with Crippen LogP contribution in [0.4, 0.5) is 4.79 Å². The van der Waals surface area contributed by atoms with Gasteiger partial charge in [0.25, 0.3) is 0 Å². The molecule has 0 aliphatic rings. The van der Waals surface area contributed by atoms with Crippen molar-refractivity contribution in [2.45, 2.75) is 38.8 Å². The molecule has 110 valence electrons. The summed E-state index contributed by atoms with van der Waals surface area (Å²) in [5, 5.41) is 0. The van der Waals surface area contributed by atoms with E-state index in [9.17, 15) is 9.59 Å². The smallest absolute Gasteiger partial charge is 0.411 e. The molecule has 0 bridgehead atoms. The summed E-state index contributed by atoms with van der Waals surface area (Å²) in [6.07, 6.45) is 1.74. The summed E-state index contributed by atoms with van der Waals surface area (Å²) in [4.78, 5) is 29.1. The van der Waals surface area contributed by atoms with Crippen molar-refractivity contribution < 1.29 is 14.3 Å². The zero-order valence-electron chi connectivity index (χ0n) is 12.3. The molecular weight excluding hydrogens is 324 g/mol. The van der Waals surface area contributed by atoms with E-state index >= 15 is 0 Å². The predicted molar refractivity (Wildman–Crippen MR) is 79.4 cm³/mol. The molecule has 1 unspecified atom stereocenters. The minimum absolute atomic E-state index is 0.519. The number of ether oxygens (including phenoxy) is 1. The summed E-state index contributed by atoms with van der Waals surface area (Å²) in [5.41, 5.74) is -1.18. The molecule has 20 heavy (non-hydrogen) atoms. The predicted octanol–water partition coefficient (Wildman–Crippen LogP) is 3.13. The van der Waals surface area contributed by atoms with Crippen LogP contribution in [0.2, 0.25) is 0 Å². The minimum atomic E-state index is -1.16. The van der Waals surface area contributed by atoms with Crippen molar-refractivity contribution in [1.29, 1.82) is 0 Å². The maximum atomic E-state index is 12.2. The lowest BCUT2D eigenvalue weighted by molar-refractivity contribution is -0.117. The number of halogens is 1. The third-order valence-electron chi connectivity index (χ3n) is 2.90. The summed E-state index contributed by atoms with van der Waals surface area (Å²) in [6.45, 7) is 6.97. The summed E-state index contributed by atoms with van der Waals surface area (Å²) in [6, 6.07) is 3.46. The fourth-order valence-corrected chi connectivity index (χ4v) is 2.26. The van der Waals surface area contributed by atoms with Gasteiger partial charge in [0.1, 0.15) is 22.0 Å². The van der Waals surface area contributed by atoms with Gasteiger partial charge in [0.2, 0.25) is 0 Å². The van der Waals surface area contributed by atoms with Crippen LogP contribution < -0.4 is 0 Å². The number of aromatic nitrogens is 1. The summed E-state index contributed by atoms with van der Waals surface area (Å²) >= 11 is 3.30. The second-order valence-electron chi connectivity index (χ2n) is 5.65. The third-order valence-corrected chi connectivity index (χ3v) is 3.53. The molecule has 1 rings (SSSR count). The van der Waals surface area contributed by atoms with Gasteiger partial charge >= 0.3 is 6.09 Å². The first kappa shape index (κ1) is 16.6. The molecule has 1 amide bonds. The van der Waals surface area contributed by atoms with Crippen molar-refractivity contribution >= 4 is 28.3 Å². The number of nitrogens with zero attached hydrogens (tertiary/aromatic N) is 2. The zero-order valence-corrected chi connectivity index (χ0v) is 13.9. The van der Waals surface area contributed by atoms with E-state index in [1.807, 2.05) is 0 Å². The molecule has 0 spiro atoms. The highest BCUT2D eigenvalue weighted by atomic mass is 79.9. The molecule has 0 aliphatic carbocycles. The number of pyridine rings is 1. The van der Waals surface area contributed by atoms with E-state index in [0.717, 1.165) is 0 Å². The number of amides is 1. The Morgan fingerprint density at radius 2 is 2.00 bits per heavy atom. The Labute approximate surface area is 127 Å². The molecule has 0 saturated heterocycles. The molecule has 0 fully saturated rings. The number of rotatable bonds is 3. The van der Waals surface area contributed by atoms with Crippen LogP contribution in [0, 0.1) is 0 Å². The number of carbonyl (C=O) groups is 2. The highest BCUT2D eigenvalue weighted by molar-refractivity contribution is 9.10. The molecule has 6 heteroatoms. The first-order valence-corrected chi connectivity index (χ1v) is 6.95. The summed E-state index contributed by atoms with van der Waals surface area (Å²) < 4.78 is 5.82. The van der Waals surface area contributed by atoms with Crippen molar-refractivity contribution in [2.24, 2.45) is 0 Å². The highest BCUT2D eigenvalue weighted by Gasteiger charge is 2.38. The van der Waals surface area contributed by atoms with E-state index in [4.69, 9.17) is 4.74 Å². The number of hydrogen-bond donors (Lipinski definition) is 0. The first-order valence-electron chi connectivity index (χ1n) is 6.16. The van der Waals surface area contributed by atoms with E-state index in [1.54, 1.807) is 46.0 Å². The van der Waals surface area contributed by atoms with Crippen molar-refractivity contribution in [3.63, 3.8) is 0 Å². The van der Waals surface area contributed by atoms with Crippen LogP contribution in [0.15, 0.2) is 22.9 Å². The lowest BCUT2D eigenvalue weighted by Crippen LogP contribution is -2.48. The average Bonchev–Trinajstić information content (AvgIpc) is 2.35. The standard InChI is InChI=1S/C14H19BrN2O3/c1-13(2,3)20-12(19)17(5)14(4,9-18)10-7-6-8-16-11(10)15/h6-9H,1-5H3. The van der Waals surface area contributed by atoms with Crippen LogP contribution in [0.5, 0.6) is 0 Å². The molecule has 0 radical (unpaired) electrons. The van der Waals surface area contributed by atoms with Crippen LogP contribution in [-0.4, -0.2) is 34.9 Å². The Balaban J connectivity index is 3.14. The second kappa shape index (κ2) is 5.91. The van der Waals surface area contributed by atoms with Crippen molar-refractivity contribution in [3.05, 3.63) is 28.5 Å². The van der Waals surface area contributed by atoms with Crippen LogP contribution in [0.3, 0.4) is 0 Å². The van der Waals surface area contributed by atoms with Gasteiger partial charge in [-0.1, -0.05) is 6.07 Å². The van der Waals surface area contributed by atoms with Crippen molar-refractivity contribution in [1.82, 2.24) is 9.88 Å². The Hall–Kier alpha value is -1.43. The third kappa shape index (κ3) is 3.56. The molecule has 1 heterocycles. The largest absolute Gasteiger partial charge is 0.444 e. The number of carbonyl (C=O) groups excluding carboxylic acids is 2. The molecular formula is C14H19BrN2O3. The molecule has 0 N–H and O–H groups in total. The fourth-order valence-electron chi connectivity index (χ4n) is 1.61. The van der Waals surface area contributed by atoms with Gasteiger partial charge in [-0.3, -0.25) is 4.90 Å². The second-order valence-corrected chi connectivity index (χ2v) is 6.40. The monoisotopic (exact) mass is 342 g/mol. The Morgan fingerprint density at radius 1 is 1.40 bits per heavy atom. The molecule has 1 aromatic rings. The fraction of sp³-hybridized carbons (Fsp3) is 0.500. The van der Waals surface area contributed by atoms with Gasteiger partial charge < -0.3 is 9.53 Å². The summed E-state index contributed by atoms with van der Waals surface area (Å²) in [7, 11) is 1.53. The normalized spacial score (nSPS) is 14.3. The quantitative estimate of drug-likeness (QED) is 0.625. The molecule has 0 aliphatic heterocycles. The molecule has 0 saturated carbocycles. The lowest BCUT2D eigenvalue weighted by atomic mass is 9.94. The van der Waals surface area contributed by atoms with E-state index in [1.165, 1.54) is 11.9 Å². The highest BCUT2D eigenvalue weighted by Crippen LogP contribution is 2.30. The molecule has 1 aromatic heterocycles. The van der Waals surface area contributed by atoms with Gasteiger partial charge in [-0.05, 0) is 49.7 Å². The number of aldehydes is 1. The van der Waals surface area contributed by atoms with Crippen molar-refractivity contribution in [3.8, 4) is 0 Å². The van der Waals surface area contributed by atoms with Crippen LogP contribution in [-0.2, 0) is 15.1 Å². The van der Waals surface area contributed by atoms with E-state index in [2.05, 4.69) is 20.9 Å². The molecule has 1 atom stereocenters. The number of likely N-dealkylation sites (N-methyl/N-ethyl adjacent to an activating group) is 1. The van der Waals surface area contributed by atoms with Crippen molar-refractivity contribution in [2.75, 3.05) is 7.05 Å². The number of hydrogen-bond acceptors (Lipinski definition) is 4. The van der Waals surface area contributed by atoms with Crippen LogP contribution >= 0.6 is 15.9 Å². The Bertz CT molecular complexity index is 513. The van der Waals surface area contributed by atoms with E-state index in [-0.39, 0.29) is 0 Å². The van der Waals surface area contributed by atoms with E-state index < -0.39 is 17.2 Å². The van der Waals surface area contributed by atoms with Gasteiger partial charge in [-0.2, -0.15) is 0 Å². The topological polar surface area (TPSA) is 59.5 Å². The van der Waals surface area contributed by atoms with E-state index in [0.29, 0.717) is 16.5 Å². The van der Waals surface area contributed by atoms with Gasteiger partial charge in [0, 0.05) is 18.8 Å². The lowest BCUT2D eigenvalue weighted by Gasteiger charge is -2.35. The Morgan fingerprint density at radius 3 is 2.45 bits per heavy atom. The zero-order chi connectivity index (χ0) is 15.6. The van der Waals surface area contributed by atoms with Gasteiger partial charge in [0.05, 0.1) is 0 Å².